The summed E-state index contributed by atoms with van der Waals surface area (Å²) in [4.78, 5) is 0. The molecule has 4 unspecified atom stereocenters. The molecule has 0 aliphatic heterocycles. The Kier molecular flexibility index (Phi) is 15.6. The molecule has 8 heteroatoms. The molecule has 0 fully saturated rings. The second-order valence-electron chi connectivity index (χ2n) is 13.5. The minimum atomic E-state index is -0.609. The number of ether oxygens (including phenoxy) is 2. The fourth-order valence-electron chi connectivity index (χ4n) is 5.47. The van der Waals surface area contributed by atoms with Crippen molar-refractivity contribution in [2.75, 3.05) is 39.4 Å². The predicted molar refractivity (Wildman–Crippen MR) is 199 cm³/mol. The maximum atomic E-state index is 10.5. The molecule has 264 valence electrons. The third-order valence-electron chi connectivity index (χ3n) is 8.69. The minimum Gasteiger partial charge on any atom is -0.491 e. The lowest BCUT2D eigenvalue weighted by Crippen LogP contribution is -2.41. The van der Waals surface area contributed by atoms with Crippen molar-refractivity contribution in [1.29, 1.82) is 0 Å². The molecule has 4 rings (SSSR count). The SMILES string of the molecule is CC(CNCC(O)COc1ccc(C(C)(C)c2ccc(OCC(O)CNC(C)CNCc3ccccc3)cc2)cc1)NCc1ccccc1. The van der Waals surface area contributed by atoms with Gasteiger partial charge in [-0.15, -0.1) is 0 Å². The van der Waals surface area contributed by atoms with E-state index in [2.05, 4.69) is 97.5 Å². The molecule has 0 saturated heterocycles. The van der Waals surface area contributed by atoms with Crippen LogP contribution in [0.2, 0.25) is 0 Å². The van der Waals surface area contributed by atoms with Gasteiger partial charge in [0.05, 0.1) is 0 Å². The second-order valence-corrected chi connectivity index (χ2v) is 13.5. The van der Waals surface area contributed by atoms with E-state index in [0.717, 1.165) is 48.8 Å². The van der Waals surface area contributed by atoms with Gasteiger partial charge in [0.1, 0.15) is 36.9 Å². The van der Waals surface area contributed by atoms with E-state index in [1.54, 1.807) is 0 Å². The molecule has 0 aromatic heterocycles. The smallest absolute Gasteiger partial charge is 0.119 e. The molecule has 0 aliphatic rings. The second kappa shape index (κ2) is 20.0. The topological polar surface area (TPSA) is 107 Å². The van der Waals surface area contributed by atoms with Crippen molar-refractivity contribution in [3.63, 3.8) is 0 Å². The van der Waals surface area contributed by atoms with Crippen LogP contribution in [0.5, 0.6) is 11.5 Å². The van der Waals surface area contributed by atoms with Crippen molar-refractivity contribution >= 4 is 0 Å². The number of aliphatic hydroxyl groups is 2. The van der Waals surface area contributed by atoms with Crippen molar-refractivity contribution < 1.29 is 19.7 Å². The summed E-state index contributed by atoms with van der Waals surface area (Å²) in [5.41, 5.74) is 4.58. The van der Waals surface area contributed by atoms with E-state index in [9.17, 15) is 10.2 Å². The number of hydrogen-bond donors (Lipinski definition) is 6. The lowest BCUT2D eigenvalue weighted by atomic mass is 9.78. The monoisotopic (exact) mass is 668 g/mol. The quantitative estimate of drug-likeness (QED) is 0.0694. The van der Waals surface area contributed by atoms with Crippen molar-refractivity contribution in [3.8, 4) is 11.5 Å². The van der Waals surface area contributed by atoms with E-state index >= 15 is 0 Å². The number of benzene rings is 4. The third kappa shape index (κ3) is 13.6. The Morgan fingerprint density at radius 1 is 0.531 bits per heavy atom. The number of rotatable bonds is 22. The first-order valence-corrected chi connectivity index (χ1v) is 17.5. The van der Waals surface area contributed by atoms with Gasteiger partial charge in [0, 0.05) is 56.8 Å². The zero-order valence-electron chi connectivity index (χ0n) is 29.6. The van der Waals surface area contributed by atoms with Gasteiger partial charge in [0.15, 0.2) is 0 Å². The Hall–Kier alpha value is -3.76. The van der Waals surface area contributed by atoms with Crippen molar-refractivity contribution in [1.82, 2.24) is 21.3 Å². The van der Waals surface area contributed by atoms with E-state index in [0.29, 0.717) is 13.1 Å². The Morgan fingerprint density at radius 3 is 1.51 bits per heavy atom. The summed E-state index contributed by atoms with van der Waals surface area (Å²) in [5, 5.41) is 34.5. The van der Waals surface area contributed by atoms with Gasteiger partial charge in [-0.25, -0.2) is 0 Å². The van der Waals surface area contributed by atoms with Crippen LogP contribution in [-0.4, -0.2) is 73.9 Å². The predicted octanol–water partition coefficient (Wildman–Crippen LogP) is 5.03. The summed E-state index contributed by atoms with van der Waals surface area (Å²) in [5.74, 6) is 1.46. The standard InChI is InChI=1S/C41H56N4O4/c1-31(44-26-34-13-9-6-10-14-34)24-43-27-37(46)29-48-39-19-15-35(16-20-39)41(3,4)36-17-21-40(22-18-36)49-30-38(47)28-45-32(2)23-42-25-33-11-7-5-8-12-33/h5-22,31-32,37-38,42-47H,23-30H2,1-4H3. The first-order valence-electron chi connectivity index (χ1n) is 17.5. The maximum absolute atomic E-state index is 10.5. The molecule has 0 saturated carbocycles. The highest BCUT2D eigenvalue weighted by Gasteiger charge is 2.23. The number of hydrogen-bond acceptors (Lipinski definition) is 8. The van der Waals surface area contributed by atoms with Crippen LogP contribution in [-0.2, 0) is 18.5 Å². The molecule has 0 heterocycles. The van der Waals surface area contributed by atoms with Crippen molar-refractivity contribution in [3.05, 3.63) is 131 Å². The van der Waals surface area contributed by atoms with Gasteiger partial charge < -0.3 is 41.0 Å². The fraction of sp³-hybridized carbons (Fsp3) is 0.415. The molecule has 0 radical (unpaired) electrons. The number of nitrogens with one attached hydrogen (secondary N) is 4. The summed E-state index contributed by atoms with van der Waals surface area (Å²) >= 11 is 0. The van der Waals surface area contributed by atoms with Gasteiger partial charge in [-0.05, 0) is 60.4 Å². The zero-order valence-corrected chi connectivity index (χ0v) is 29.6. The van der Waals surface area contributed by atoms with Gasteiger partial charge in [0.2, 0.25) is 0 Å². The number of aliphatic hydroxyl groups excluding tert-OH is 2. The molecule has 8 nitrogen and oxygen atoms in total. The van der Waals surface area contributed by atoms with Crippen LogP contribution in [0.4, 0.5) is 0 Å². The Morgan fingerprint density at radius 2 is 0.980 bits per heavy atom. The first-order chi connectivity index (χ1) is 23.7. The van der Waals surface area contributed by atoms with Crippen LogP contribution < -0.4 is 30.7 Å². The molecular weight excluding hydrogens is 612 g/mol. The van der Waals surface area contributed by atoms with Gasteiger partial charge >= 0.3 is 0 Å². The molecular formula is C41H56N4O4. The van der Waals surface area contributed by atoms with Crippen LogP contribution in [0.25, 0.3) is 0 Å². The third-order valence-corrected chi connectivity index (χ3v) is 8.69. The van der Waals surface area contributed by atoms with E-state index in [1.165, 1.54) is 11.1 Å². The molecule has 0 bridgehead atoms. The minimum absolute atomic E-state index is 0.219. The lowest BCUT2D eigenvalue weighted by Gasteiger charge is -2.26. The van der Waals surface area contributed by atoms with Gasteiger partial charge in [-0.2, -0.15) is 0 Å². The zero-order chi connectivity index (χ0) is 34.9. The normalized spacial score (nSPS) is 14.2. The molecule has 4 aromatic rings. The van der Waals surface area contributed by atoms with Crippen LogP contribution in [0.1, 0.15) is 49.9 Å². The first kappa shape index (κ1) is 38.0. The van der Waals surface area contributed by atoms with Gasteiger partial charge in [0.25, 0.3) is 0 Å². The summed E-state index contributed by atoms with van der Waals surface area (Å²) in [6.45, 7) is 13.2. The average Bonchev–Trinajstić information content (AvgIpc) is 3.12. The van der Waals surface area contributed by atoms with Crippen LogP contribution in [0.3, 0.4) is 0 Å². The molecule has 4 aromatic carbocycles. The van der Waals surface area contributed by atoms with Crippen molar-refractivity contribution in [2.24, 2.45) is 0 Å². The van der Waals surface area contributed by atoms with E-state index < -0.39 is 12.2 Å². The highest BCUT2D eigenvalue weighted by molar-refractivity contribution is 5.41. The maximum Gasteiger partial charge on any atom is 0.119 e. The summed E-state index contributed by atoms with van der Waals surface area (Å²) in [6.07, 6.45) is -1.21. The molecule has 6 N–H and O–H groups in total. The van der Waals surface area contributed by atoms with Crippen LogP contribution in [0, 0.1) is 0 Å². The van der Waals surface area contributed by atoms with Gasteiger partial charge in [-0.1, -0.05) is 98.8 Å². The lowest BCUT2D eigenvalue weighted by molar-refractivity contribution is 0.104. The average molecular weight is 669 g/mol. The Balaban J connectivity index is 1.12. The van der Waals surface area contributed by atoms with Crippen molar-refractivity contribution in [2.45, 2.75) is 70.5 Å². The molecule has 49 heavy (non-hydrogen) atoms. The highest BCUT2D eigenvalue weighted by Crippen LogP contribution is 2.33. The molecule has 0 amide bonds. The van der Waals surface area contributed by atoms with E-state index in [-0.39, 0.29) is 30.7 Å². The largest absolute Gasteiger partial charge is 0.491 e. The fourth-order valence-corrected chi connectivity index (χ4v) is 5.47. The van der Waals surface area contributed by atoms with Gasteiger partial charge in [-0.3, -0.25) is 0 Å². The Labute approximate surface area is 293 Å². The Bertz CT molecular complexity index is 1450. The van der Waals surface area contributed by atoms with Crippen LogP contribution in [0.15, 0.2) is 109 Å². The van der Waals surface area contributed by atoms with E-state index in [4.69, 9.17) is 9.47 Å². The highest BCUT2D eigenvalue weighted by atomic mass is 16.5. The van der Waals surface area contributed by atoms with E-state index in [1.807, 2.05) is 60.7 Å². The molecule has 0 spiro atoms. The molecule has 0 aliphatic carbocycles. The summed E-state index contributed by atoms with van der Waals surface area (Å²) < 4.78 is 11.8. The van der Waals surface area contributed by atoms with Crippen LogP contribution >= 0.6 is 0 Å². The summed E-state index contributed by atoms with van der Waals surface area (Å²) in [7, 11) is 0. The molecule has 4 atom stereocenters. The summed E-state index contributed by atoms with van der Waals surface area (Å²) in [6, 6.07) is 37.3.